The summed E-state index contributed by atoms with van der Waals surface area (Å²) in [5.41, 5.74) is -1.05. The Kier molecular flexibility index (Phi) is 9.09. The third-order valence-corrected chi connectivity index (χ3v) is 13.3. The number of carbonyl (C=O) groups is 4. The first kappa shape index (κ1) is 33.5. The number of hydrogen-bond donors (Lipinski definition) is 3. The molecule has 12 nitrogen and oxygen atoms in total. The summed E-state index contributed by atoms with van der Waals surface area (Å²) in [7, 11) is 0.144. The standard InChI is InChI=1S/C33H39BrN6O6S2/c1-32(12-13-32)48(45)38-31(44)33-17-20(33)6-4-3-5-19-15-24(19)27(35-28(41)25-11-14-39(2)37-25)30(43)40-18-22(16-26(40)29(42)36-33)46-47-23-9-7-21(34)8-10-23/h4,6-11,14,19-20,22,24,26-27H,3,5,12-13,15-18H2,1-2H3,(H,35,41)(H,36,42)(H,38,44)/b6-4-/t19?,20?,22?,24?,26?,27-,33+,48?/m0/s1. The van der Waals surface area contributed by atoms with Crippen LogP contribution in [0.1, 0.15) is 62.4 Å². The maximum Gasteiger partial charge on any atom is 0.272 e. The predicted molar refractivity (Wildman–Crippen MR) is 182 cm³/mol. The molecular formula is C33H39BrN6O6S2. The van der Waals surface area contributed by atoms with E-state index in [1.807, 2.05) is 43.3 Å². The van der Waals surface area contributed by atoms with E-state index < -0.39 is 57.2 Å². The molecule has 3 heterocycles. The van der Waals surface area contributed by atoms with Crippen molar-refractivity contribution < 1.29 is 27.6 Å². The second kappa shape index (κ2) is 13.0. The molecule has 8 atom stereocenters. The summed E-state index contributed by atoms with van der Waals surface area (Å²) in [6.45, 7) is 2.01. The van der Waals surface area contributed by atoms with Gasteiger partial charge in [-0.15, -0.1) is 0 Å². The van der Waals surface area contributed by atoms with Gasteiger partial charge in [-0.25, -0.2) is 4.21 Å². The number of hydrogen-bond acceptors (Lipinski definition) is 8. The van der Waals surface area contributed by atoms with Gasteiger partial charge in [-0.1, -0.05) is 28.1 Å². The lowest BCUT2D eigenvalue weighted by Gasteiger charge is -2.30. The van der Waals surface area contributed by atoms with Crippen molar-refractivity contribution in [2.75, 3.05) is 6.54 Å². The highest BCUT2D eigenvalue weighted by atomic mass is 79.9. The molecule has 7 rings (SSSR count). The molecule has 0 spiro atoms. The number of halogens is 1. The number of aryl methyl sites for hydroxylation is 1. The van der Waals surface area contributed by atoms with Crippen LogP contribution in [-0.2, 0) is 36.6 Å². The van der Waals surface area contributed by atoms with Gasteiger partial charge in [-0.3, -0.25) is 28.6 Å². The minimum absolute atomic E-state index is 0.0770. The molecule has 3 saturated carbocycles. The molecule has 3 aliphatic carbocycles. The minimum atomic E-state index is -1.57. The maximum absolute atomic E-state index is 14.5. The number of carbonyl (C=O) groups excluding carboxylic acids is 4. The third kappa shape index (κ3) is 6.88. The number of amides is 4. The minimum Gasteiger partial charge on any atom is -0.339 e. The molecule has 3 N–H and O–H groups in total. The fourth-order valence-electron chi connectivity index (χ4n) is 6.78. The van der Waals surface area contributed by atoms with E-state index in [1.165, 1.54) is 21.6 Å². The number of benzene rings is 1. The van der Waals surface area contributed by atoms with E-state index in [0.717, 1.165) is 41.5 Å². The molecule has 2 aliphatic heterocycles. The van der Waals surface area contributed by atoms with Crippen LogP contribution in [0.4, 0.5) is 0 Å². The average Bonchev–Trinajstić information content (AvgIpc) is 4.01. The highest BCUT2D eigenvalue weighted by Crippen LogP contribution is 2.49. The molecular weight excluding hydrogens is 720 g/mol. The Morgan fingerprint density at radius 1 is 1.17 bits per heavy atom. The summed E-state index contributed by atoms with van der Waals surface area (Å²) in [5.74, 6) is -1.86. The number of nitrogens with one attached hydrogen (secondary N) is 3. The zero-order valence-electron chi connectivity index (χ0n) is 26.7. The van der Waals surface area contributed by atoms with E-state index in [2.05, 4.69) is 36.4 Å². The number of allylic oxidation sites excluding steroid dienone is 1. The Bertz CT molecular complexity index is 1680. The lowest BCUT2D eigenvalue weighted by atomic mass is 10.0. The first-order valence-corrected chi connectivity index (χ1v) is 19.1. The number of nitrogens with zero attached hydrogens (tertiary/aromatic N) is 3. The van der Waals surface area contributed by atoms with Crippen molar-refractivity contribution >= 4 is 62.6 Å². The molecule has 1 aromatic carbocycles. The van der Waals surface area contributed by atoms with E-state index in [1.54, 1.807) is 19.3 Å². The normalized spacial score (nSPS) is 33.2. The summed E-state index contributed by atoms with van der Waals surface area (Å²) < 4.78 is 23.8. The predicted octanol–water partition coefficient (Wildman–Crippen LogP) is 3.17. The molecule has 2 aromatic rings. The van der Waals surface area contributed by atoms with E-state index in [9.17, 15) is 23.4 Å². The molecule has 1 aromatic heterocycles. The van der Waals surface area contributed by atoms with Crippen LogP contribution in [-0.4, -0.2) is 77.5 Å². The number of aromatic nitrogens is 2. The van der Waals surface area contributed by atoms with Gasteiger partial charge < -0.3 is 19.7 Å². The highest BCUT2D eigenvalue weighted by molar-refractivity contribution is 9.10. The topological polar surface area (TPSA) is 152 Å². The van der Waals surface area contributed by atoms with Crippen molar-refractivity contribution in [3.05, 3.63) is 58.8 Å². The quantitative estimate of drug-likeness (QED) is 0.275. The molecule has 0 radical (unpaired) electrons. The molecule has 4 amide bonds. The zero-order chi connectivity index (χ0) is 33.8. The molecule has 4 fully saturated rings. The summed E-state index contributed by atoms with van der Waals surface area (Å²) in [4.78, 5) is 58.0. The Hall–Kier alpha value is -3.01. The van der Waals surface area contributed by atoms with E-state index in [4.69, 9.17) is 4.18 Å². The van der Waals surface area contributed by atoms with Crippen molar-refractivity contribution in [3.8, 4) is 0 Å². The molecule has 1 saturated heterocycles. The highest BCUT2D eigenvalue weighted by Gasteiger charge is 2.62. The van der Waals surface area contributed by atoms with Crippen LogP contribution in [0.15, 0.2) is 58.0 Å². The van der Waals surface area contributed by atoms with Gasteiger partial charge in [0.1, 0.15) is 34.3 Å². The van der Waals surface area contributed by atoms with Crippen molar-refractivity contribution in [1.29, 1.82) is 0 Å². The van der Waals surface area contributed by atoms with Crippen LogP contribution in [0, 0.1) is 17.8 Å². The summed E-state index contributed by atoms with van der Waals surface area (Å²) in [6, 6.07) is 7.43. The largest absolute Gasteiger partial charge is 0.339 e. The van der Waals surface area contributed by atoms with Crippen molar-refractivity contribution in [2.24, 2.45) is 24.8 Å². The Labute approximate surface area is 294 Å². The third-order valence-electron chi connectivity index (χ3n) is 10.3. The lowest BCUT2D eigenvalue weighted by Crippen LogP contribution is -2.58. The monoisotopic (exact) mass is 758 g/mol. The first-order chi connectivity index (χ1) is 23.0. The van der Waals surface area contributed by atoms with Gasteiger partial charge in [0, 0.05) is 53.5 Å². The second-order valence-corrected chi connectivity index (χ2v) is 17.4. The summed E-state index contributed by atoms with van der Waals surface area (Å²) in [5, 5.41) is 10.2. The summed E-state index contributed by atoms with van der Waals surface area (Å²) >= 11 is 4.61. The van der Waals surface area contributed by atoms with E-state index in [0.29, 0.717) is 6.42 Å². The van der Waals surface area contributed by atoms with Crippen molar-refractivity contribution in [1.82, 2.24) is 30.0 Å². The maximum atomic E-state index is 14.5. The summed E-state index contributed by atoms with van der Waals surface area (Å²) in [6.07, 6.45) is 9.63. The SMILES string of the molecule is Cn1ccc(C(=O)N[C@@H]2C(=O)N3CC(OSc4ccc(Br)cc4)CC3C(=O)N[C@]3(C(=O)NS(=O)C4(C)CC4)CC3/C=C\CCC3CC32)n1. The van der Waals surface area contributed by atoms with E-state index >= 15 is 0 Å². The van der Waals surface area contributed by atoms with Crippen LogP contribution in [0.25, 0.3) is 0 Å². The van der Waals surface area contributed by atoms with Crippen LogP contribution < -0.4 is 15.4 Å². The molecule has 6 unspecified atom stereocenters. The van der Waals surface area contributed by atoms with Crippen molar-refractivity contribution in [3.63, 3.8) is 0 Å². The van der Waals surface area contributed by atoms with Crippen LogP contribution in [0.5, 0.6) is 0 Å². The smallest absolute Gasteiger partial charge is 0.272 e. The fraction of sp³-hybridized carbons (Fsp3) is 0.545. The molecule has 0 bridgehead atoms. The second-order valence-electron chi connectivity index (χ2n) is 13.9. The Morgan fingerprint density at radius 2 is 1.94 bits per heavy atom. The van der Waals surface area contributed by atoms with Crippen LogP contribution in [0.2, 0.25) is 0 Å². The van der Waals surface area contributed by atoms with Crippen LogP contribution in [0.3, 0.4) is 0 Å². The van der Waals surface area contributed by atoms with Gasteiger partial charge in [0.25, 0.3) is 11.8 Å². The molecule has 5 aliphatic rings. The Morgan fingerprint density at radius 3 is 2.65 bits per heavy atom. The van der Waals surface area contributed by atoms with Gasteiger partial charge in [0.05, 0.1) is 10.9 Å². The molecule has 256 valence electrons. The van der Waals surface area contributed by atoms with Gasteiger partial charge >= 0.3 is 0 Å². The molecule has 15 heteroatoms. The molecule has 48 heavy (non-hydrogen) atoms. The zero-order valence-corrected chi connectivity index (χ0v) is 29.9. The first-order valence-electron chi connectivity index (χ1n) is 16.4. The number of rotatable bonds is 8. The fourth-order valence-corrected chi connectivity index (χ4v) is 8.75. The van der Waals surface area contributed by atoms with Crippen LogP contribution >= 0.6 is 28.0 Å². The van der Waals surface area contributed by atoms with Gasteiger partial charge in [-0.05, 0) is 87.6 Å². The Balaban J connectivity index is 1.16. The van der Waals surface area contributed by atoms with E-state index in [-0.39, 0.29) is 42.3 Å². The number of fused-ring (bicyclic) bond motifs is 3. The average molecular weight is 760 g/mol. The lowest BCUT2D eigenvalue weighted by molar-refractivity contribution is -0.141. The van der Waals surface area contributed by atoms with Gasteiger partial charge in [-0.2, -0.15) is 5.10 Å². The van der Waals surface area contributed by atoms with Gasteiger partial charge in [0.2, 0.25) is 11.8 Å². The van der Waals surface area contributed by atoms with Crippen molar-refractivity contribution in [2.45, 2.75) is 85.2 Å². The van der Waals surface area contributed by atoms with Gasteiger partial charge in [0.15, 0.2) is 0 Å².